The molecule has 0 spiro atoms. The van der Waals surface area contributed by atoms with Crippen LogP contribution in [0.4, 0.5) is 0 Å². The zero-order valence-corrected chi connectivity index (χ0v) is 11.3. The van der Waals surface area contributed by atoms with Crippen LogP contribution in [0.2, 0.25) is 0 Å². The third kappa shape index (κ3) is 52.2. The summed E-state index contributed by atoms with van der Waals surface area (Å²) in [5.74, 6) is 0. The molecule has 7 heteroatoms. The second-order valence-corrected chi connectivity index (χ2v) is 26.9. The van der Waals surface area contributed by atoms with Gasteiger partial charge in [0, 0.05) is 0 Å². The van der Waals surface area contributed by atoms with Crippen LogP contribution < -0.4 is 0 Å². The molecule has 0 heterocycles. The summed E-state index contributed by atoms with van der Waals surface area (Å²) in [7, 11) is 0. The van der Waals surface area contributed by atoms with Gasteiger partial charge in [-0.25, -0.2) is 0 Å². The maximum absolute atomic E-state index is 2.49. The topological polar surface area (TPSA) is 126 Å². The normalized spacial score (nSPS) is 1.43. The van der Waals surface area contributed by atoms with E-state index in [-0.39, 0.29) is 51.3 Å². The first kappa shape index (κ1) is 33.0. The van der Waals surface area contributed by atoms with Crippen LogP contribution in [0.1, 0.15) is 0 Å². The Morgan fingerprint density at radius 2 is 0.714 bits per heavy atom. The minimum atomic E-state index is -0.0700. The SMILES string of the molecule is O.O.O.O.[I][Sr][I]. The third-order valence-electron chi connectivity index (χ3n) is 0. The van der Waals surface area contributed by atoms with E-state index in [1.807, 2.05) is 0 Å². The van der Waals surface area contributed by atoms with Crippen molar-refractivity contribution in [2.24, 2.45) is 0 Å². The molecule has 0 saturated heterocycles. The van der Waals surface area contributed by atoms with Crippen molar-refractivity contribution < 1.29 is 21.9 Å². The molecule has 0 amide bonds. The van der Waals surface area contributed by atoms with Crippen molar-refractivity contribution in [2.45, 2.75) is 0 Å². The van der Waals surface area contributed by atoms with E-state index in [1.165, 1.54) is 0 Å². The molecule has 0 fully saturated rings. The average Bonchev–Trinajstić information content (AvgIpc) is 0.918. The van der Waals surface area contributed by atoms with Gasteiger partial charge in [-0.05, 0) is 0 Å². The number of hydrogen-bond acceptors (Lipinski definition) is 0. The van der Waals surface area contributed by atoms with Gasteiger partial charge in [0.1, 0.15) is 0 Å². The Morgan fingerprint density at radius 1 is 0.714 bits per heavy atom. The van der Waals surface area contributed by atoms with Gasteiger partial charge in [0.15, 0.2) is 0 Å². The molecule has 0 aromatic carbocycles. The van der Waals surface area contributed by atoms with E-state index in [1.54, 1.807) is 0 Å². The van der Waals surface area contributed by atoms with Gasteiger partial charge in [0.2, 0.25) is 0 Å². The molecule has 0 unspecified atom stereocenters. The van der Waals surface area contributed by atoms with E-state index in [0.717, 1.165) is 0 Å². The molecule has 0 saturated carbocycles. The summed E-state index contributed by atoms with van der Waals surface area (Å²) < 4.78 is 0. The molecule has 4 nitrogen and oxygen atoms in total. The fourth-order valence-electron chi connectivity index (χ4n) is 0. The van der Waals surface area contributed by atoms with Crippen LogP contribution in [0.25, 0.3) is 0 Å². The summed E-state index contributed by atoms with van der Waals surface area (Å²) in [5.41, 5.74) is 0. The number of hydrogen-bond donors (Lipinski definition) is 0. The Bertz CT molecular complexity index is 9.65. The molecule has 0 aromatic heterocycles. The Hall–Kier alpha value is 2.78. The van der Waals surface area contributed by atoms with Crippen LogP contribution in [-0.2, 0) is 0 Å². The maximum atomic E-state index is 2.49. The van der Waals surface area contributed by atoms with E-state index in [4.69, 9.17) is 0 Å². The van der Waals surface area contributed by atoms with Crippen LogP contribution in [0.5, 0.6) is 0 Å². The van der Waals surface area contributed by atoms with E-state index < -0.39 is 0 Å². The molecule has 7 heavy (non-hydrogen) atoms. The van der Waals surface area contributed by atoms with Gasteiger partial charge in [-0.1, -0.05) is 0 Å². The molecule has 0 aliphatic carbocycles. The van der Waals surface area contributed by atoms with E-state index in [0.29, 0.717) is 0 Å². The van der Waals surface area contributed by atoms with Gasteiger partial charge < -0.3 is 21.9 Å². The molecular formula is H8I2O4Sr. The fraction of sp³-hybridized carbons (Fsp3) is 0. The predicted molar refractivity (Wildman–Crippen MR) is 48.2 cm³/mol. The monoisotopic (exact) mass is 414 g/mol. The molecule has 0 radical (unpaired) electrons. The standard InChI is InChI=1S/2HI.4H2O.Sr/h2*1H;4*1H2;/q;;;;;;+2/p-2. The van der Waals surface area contributed by atoms with Crippen LogP contribution in [0.15, 0.2) is 0 Å². The van der Waals surface area contributed by atoms with Crippen LogP contribution in [0.3, 0.4) is 0 Å². The Labute approximate surface area is 74.7 Å². The molecule has 0 rings (SSSR count). The van der Waals surface area contributed by atoms with Crippen LogP contribution >= 0.6 is 25.8 Å². The van der Waals surface area contributed by atoms with Gasteiger partial charge in [-0.3, -0.25) is 0 Å². The average molecular weight is 413 g/mol. The summed E-state index contributed by atoms with van der Waals surface area (Å²) in [6.07, 6.45) is 0. The second kappa shape index (κ2) is 37.2. The summed E-state index contributed by atoms with van der Waals surface area (Å²) in [5, 5.41) is 0. The summed E-state index contributed by atoms with van der Waals surface area (Å²) in [6, 6.07) is 0. The molecule has 0 atom stereocenters. The molecule has 0 aromatic rings. The first-order valence-electron chi connectivity index (χ1n) is 0.535. The quantitative estimate of drug-likeness (QED) is 0.325. The van der Waals surface area contributed by atoms with E-state index in [9.17, 15) is 0 Å². The summed E-state index contributed by atoms with van der Waals surface area (Å²) in [6.45, 7) is 0. The first-order chi connectivity index (χ1) is 1.41. The van der Waals surface area contributed by atoms with Gasteiger partial charge >= 0.3 is 55.2 Å². The second-order valence-electron chi connectivity index (χ2n) is 0.101. The zero-order chi connectivity index (χ0) is 2.71. The van der Waals surface area contributed by atoms with E-state index >= 15 is 0 Å². The summed E-state index contributed by atoms with van der Waals surface area (Å²) in [4.78, 5) is 0. The zero-order valence-electron chi connectivity index (χ0n) is 3.46. The molecule has 0 aliphatic rings. The van der Waals surface area contributed by atoms with Crippen LogP contribution in [-0.4, -0.2) is 51.3 Å². The molecule has 0 bridgehead atoms. The third-order valence-corrected chi connectivity index (χ3v) is 0. The van der Waals surface area contributed by atoms with Gasteiger partial charge in [-0.2, -0.15) is 0 Å². The Balaban J connectivity index is -0.00000000333. The molecular weight excluding hydrogens is 405 g/mol. The van der Waals surface area contributed by atoms with Gasteiger partial charge in [0.05, 0.1) is 0 Å². The predicted octanol–water partition coefficient (Wildman–Crippen LogP) is -1.91. The number of rotatable bonds is 0. The van der Waals surface area contributed by atoms with Crippen molar-refractivity contribution in [1.82, 2.24) is 0 Å². The van der Waals surface area contributed by atoms with Crippen molar-refractivity contribution in [3.8, 4) is 0 Å². The fourth-order valence-corrected chi connectivity index (χ4v) is 0. The van der Waals surface area contributed by atoms with Crippen LogP contribution in [0, 0.1) is 0 Å². The van der Waals surface area contributed by atoms with Gasteiger partial charge in [-0.15, -0.1) is 0 Å². The molecule has 48 valence electrons. The van der Waals surface area contributed by atoms with Gasteiger partial charge in [0.25, 0.3) is 0 Å². The summed E-state index contributed by atoms with van der Waals surface area (Å²) >= 11 is 4.90. The van der Waals surface area contributed by atoms with Crippen molar-refractivity contribution in [3.63, 3.8) is 0 Å². The van der Waals surface area contributed by atoms with Crippen molar-refractivity contribution in [3.05, 3.63) is 0 Å². The Kier molecular flexibility index (Phi) is 175. The molecule has 0 aliphatic heterocycles. The molecule has 8 N–H and O–H groups in total. The Morgan fingerprint density at radius 3 is 0.714 bits per heavy atom. The minimum absolute atomic E-state index is 0. The first-order valence-corrected chi connectivity index (χ1v) is 21.2. The number of halogens is 2. The van der Waals surface area contributed by atoms with Crippen molar-refractivity contribution in [2.75, 3.05) is 0 Å². The van der Waals surface area contributed by atoms with E-state index in [2.05, 4.69) is 25.8 Å². The van der Waals surface area contributed by atoms with Crippen molar-refractivity contribution in [1.29, 1.82) is 0 Å². The van der Waals surface area contributed by atoms with Crippen molar-refractivity contribution >= 4 is 55.2 Å².